The van der Waals surface area contributed by atoms with E-state index < -0.39 is 23.8 Å². The maximum absolute atomic E-state index is 12.9. The second-order valence-corrected chi connectivity index (χ2v) is 8.56. The number of aldehydes is 1. The zero-order chi connectivity index (χ0) is 22.2. The van der Waals surface area contributed by atoms with Crippen LogP contribution in [0.5, 0.6) is 0 Å². The van der Waals surface area contributed by atoms with Gasteiger partial charge in [0.05, 0.1) is 16.1 Å². The van der Waals surface area contributed by atoms with Crippen LogP contribution in [-0.4, -0.2) is 46.5 Å². The van der Waals surface area contributed by atoms with Crippen molar-refractivity contribution in [3.05, 3.63) is 29.3 Å². The topological polar surface area (TPSA) is 95.6 Å². The van der Waals surface area contributed by atoms with Gasteiger partial charge in [-0.05, 0) is 37.5 Å². The summed E-state index contributed by atoms with van der Waals surface area (Å²) in [5, 5.41) is 5.89. The van der Waals surface area contributed by atoms with Gasteiger partial charge in [0.25, 0.3) is 11.8 Å². The number of carbonyl (C=O) groups excluding carboxylic acids is 4. The van der Waals surface area contributed by atoms with Crippen LogP contribution in [0.1, 0.15) is 84.9 Å². The summed E-state index contributed by atoms with van der Waals surface area (Å²) in [4.78, 5) is 49.7. The van der Waals surface area contributed by atoms with Crippen LogP contribution in [0.3, 0.4) is 0 Å². The van der Waals surface area contributed by atoms with Gasteiger partial charge in [0.2, 0.25) is 5.91 Å². The van der Waals surface area contributed by atoms with E-state index in [1.54, 1.807) is 18.2 Å². The van der Waals surface area contributed by atoms with E-state index in [-0.39, 0.29) is 0 Å². The number of hydrogen-bond acceptors (Lipinski definition) is 6. The van der Waals surface area contributed by atoms with Gasteiger partial charge in [0.1, 0.15) is 12.3 Å². The lowest BCUT2D eigenvalue weighted by Crippen LogP contribution is -2.53. The maximum Gasteiger partial charge on any atom is 0.262 e. The molecule has 1 unspecified atom stereocenters. The van der Waals surface area contributed by atoms with Gasteiger partial charge in [0.15, 0.2) is 0 Å². The van der Waals surface area contributed by atoms with Gasteiger partial charge >= 0.3 is 0 Å². The SMILES string of the molecule is O=CCCCCCCCCCNc1ccc2c(c1)C(=O)N(C1CCC(=S)NC1=O)C2=O. The number of thiocarbonyl (C=S) groups is 1. The predicted octanol–water partition coefficient (Wildman–Crippen LogP) is 3.62. The highest BCUT2D eigenvalue weighted by Gasteiger charge is 2.44. The maximum atomic E-state index is 12.9. The lowest BCUT2D eigenvalue weighted by molar-refractivity contribution is -0.124. The largest absolute Gasteiger partial charge is 0.385 e. The van der Waals surface area contributed by atoms with Crippen molar-refractivity contribution < 1.29 is 19.2 Å². The zero-order valence-corrected chi connectivity index (χ0v) is 18.5. The van der Waals surface area contributed by atoms with Gasteiger partial charge in [-0.3, -0.25) is 19.3 Å². The number of nitrogens with one attached hydrogen (secondary N) is 2. The minimum atomic E-state index is -0.811. The fourth-order valence-electron chi connectivity index (χ4n) is 4.05. The van der Waals surface area contributed by atoms with Crippen molar-refractivity contribution >= 4 is 46.9 Å². The van der Waals surface area contributed by atoms with Crippen LogP contribution in [0.25, 0.3) is 0 Å². The highest BCUT2D eigenvalue weighted by molar-refractivity contribution is 7.80. The molecule has 0 aromatic heterocycles. The molecule has 1 fully saturated rings. The molecule has 1 aromatic carbocycles. The molecule has 31 heavy (non-hydrogen) atoms. The van der Waals surface area contributed by atoms with E-state index in [0.29, 0.717) is 35.4 Å². The Hall–Kier alpha value is -2.61. The molecule has 1 atom stereocenters. The Labute approximate surface area is 187 Å². The number of anilines is 1. The summed E-state index contributed by atoms with van der Waals surface area (Å²) in [6.07, 6.45) is 10.2. The standard InChI is InChI=1S/C23H29N3O4S/c27-14-8-6-4-2-1-3-5-7-13-24-16-9-10-17-18(15-16)23(30)26(22(17)29)19-11-12-20(31)25-21(19)28/h9-10,14-15,19,24H,1-8,11-13H2,(H,25,28,31). The lowest BCUT2D eigenvalue weighted by Gasteiger charge is -2.28. The van der Waals surface area contributed by atoms with Crippen molar-refractivity contribution in [3.63, 3.8) is 0 Å². The van der Waals surface area contributed by atoms with Crippen LogP contribution in [0, 0.1) is 0 Å². The molecule has 0 saturated carbocycles. The van der Waals surface area contributed by atoms with Gasteiger partial charge in [-0.1, -0.05) is 44.3 Å². The number of imide groups is 1. The third-order valence-corrected chi connectivity index (χ3v) is 6.07. The number of nitrogens with zero attached hydrogens (tertiary/aromatic N) is 1. The van der Waals surface area contributed by atoms with E-state index >= 15 is 0 Å². The van der Waals surface area contributed by atoms with Crippen molar-refractivity contribution in [1.29, 1.82) is 0 Å². The highest BCUT2D eigenvalue weighted by atomic mass is 32.1. The van der Waals surface area contributed by atoms with Gasteiger partial charge in [-0.15, -0.1) is 0 Å². The summed E-state index contributed by atoms with van der Waals surface area (Å²) in [7, 11) is 0. The summed E-state index contributed by atoms with van der Waals surface area (Å²) >= 11 is 5.01. The Morgan fingerprint density at radius 3 is 2.39 bits per heavy atom. The highest BCUT2D eigenvalue weighted by Crippen LogP contribution is 2.29. The molecular weight excluding hydrogens is 414 g/mol. The van der Waals surface area contributed by atoms with Crippen LogP contribution in [0.2, 0.25) is 0 Å². The molecule has 0 radical (unpaired) electrons. The van der Waals surface area contributed by atoms with E-state index in [2.05, 4.69) is 10.6 Å². The summed E-state index contributed by atoms with van der Waals surface area (Å²) in [6, 6.07) is 4.35. The molecule has 8 heteroatoms. The van der Waals surface area contributed by atoms with Crippen molar-refractivity contribution in [3.8, 4) is 0 Å². The number of fused-ring (bicyclic) bond motifs is 1. The van der Waals surface area contributed by atoms with Crippen LogP contribution in [0.15, 0.2) is 18.2 Å². The molecule has 166 valence electrons. The summed E-state index contributed by atoms with van der Waals surface area (Å²) < 4.78 is 0. The summed E-state index contributed by atoms with van der Waals surface area (Å²) in [5.74, 6) is -1.24. The van der Waals surface area contributed by atoms with Crippen LogP contribution in [-0.2, 0) is 9.59 Å². The smallest absolute Gasteiger partial charge is 0.262 e. The molecule has 3 amide bonds. The first kappa shape index (κ1) is 23.1. The van der Waals surface area contributed by atoms with Gasteiger partial charge in [-0.25, -0.2) is 0 Å². The Morgan fingerprint density at radius 2 is 1.68 bits per heavy atom. The second-order valence-electron chi connectivity index (χ2n) is 8.06. The minimum Gasteiger partial charge on any atom is -0.385 e. The average Bonchev–Trinajstić information content (AvgIpc) is 2.99. The van der Waals surface area contributed by atoms with Gasteiger partial charge in [0, 0.05) is 25.1 Å². The normalized spacial score (nSPS) is 18.2. The quantitative estimate of drug-likeness (QED) is 0.222. The lowest BCUT2D eigenvalue weighted by atomic mass is 10.1. The molecule has 0 spiro atoms. The third kappa shape index (κ3) is 5.76. The number of unbranched alkanes of at least 4 members (excludes halogenated alkanes) is 7. The zero-order valence-electron chi connectivity index (χ0n) is 17.7. The summed E-state index contributed by atoms with van der Waals surface area (Å²) in [5.41, 5.74) is 1.47. The van der Waals surface area contributed by atoms with E-state index in [9.17, 15) is 19.2 Å². The van der Waals surface area contributed by atoms with E-state index in [0.717, 1.165) is 49.1 Å². The molecule has 2 aliphatic rings. The minimum absolute atomic E-state index is 0.339. The number of hydrogen-bond donors (Lipinski definition) is 2. The van der Waals surface area contributed by atoms with E-state index in [4.69, 9.17) is 12.2 Å². The number of carbonyl (C=O) groups is 4. The van der Waals surface area contributed by atoms with Crippen molar-refractivity contribution in [2.75, 3.05) is 11.9 Å². The van der Waals surface area contributed by atoms with Crippen LogP contribution in [0.4, 0.5) is 5.69 Å². The molecule has 2 aliphatic heterocycles. The Kier molecular flexibility index (Phi) is 8.28. The molecule has 2 N–H and O–H groups in total. The first-order chi connectivity index (χ1) is 15.0. The molecule has 0 bridgehead atoms. The predicted molar refractivity (Wildman–Crippen MR) is 122 cm³/mol. The first-order valence-electron chi connectivity index (χ1n) is 11.1. The fourth-order valence-corrected chi connectivity index (χ4v) is 4.27. The van der Waals surface area contributed by atoms with Crippen molar-refractivity contribution in [2.24, 2.45) is 0 Å². The van der Waals surface area contributed by atoms with Crippen molar-refractivity contribution in [2.45, 2.75) is 70.3 Å². The number of benzene rings is 1. The molecular formula is C23H29N3O4S. The van der Waals surface area contributed by atoms with E-state index in [1.807, 2.05) is 0 Å². The monoisotopic (exact) mass is 443 g/mol. The van der Waals surface area contributed by atoms with Crippen molar-refractivity contribution in [1.82, 2.24) is 10.2 Å². The molecule has 1 aromatic rings. The Bertz CT molecular complexity index is 870. The van der Waals surface area contributed by atoms with Gasteiger partial charge < -0.3 is 15.4 Å². The molecule has 7 nitrogen and oxygen atoms in total. The van der Waals surface area contributed by atoms with E-state index in [1.165, 1.54) is 19.3 Å². The number of amides is 3. The molecule has 1 saturated heterocycles. The molecule has 0 aliphatic carbocycles. The molecule has 3 rings (SSSR count). The summed E-state index contributed by atoms with van der Waals surface area (Å²) in [6.45, 7) is 0.790. The van der Waals surface area contributed by atoms with Gasteiger partial charge in [-0.2, -0.15) is 0 Å². The average molecular weight is 444 g/mol. The Balaban J connectivity index is 1.46. The fraction of sp³-hybridized carbons (Fsp3) is 0.522. The first-order valence-corrected chi connectivity index (χ1v) is 11.5. The van der Waals surface area contributed by atoms with Crippen LogP contribution < -0.4 is 10.6 Å². The Morgan fingerprint density at radius 1 is 1.00 bits per heavy atom. The van der Waals surface area contributed by atoms with Crippen LogP contribution >= 0.6 is 12.2 Å². The second kappa shape index (κ2) is 11.1. The third-order valence-electron chi connectivity index (χ3n) is 5.77. The number of rotatable bonds is 12. The molecule has 2 heterocycles. The number of piperidine rings is 1.